The third-order valence-corrected chi connectivity index (χ3v) is 3.86. The first-order chi connectivity index (χ1) is 7.89. The lowest BCUT2D eigenvalue weighted by molar-refractivity contribution is -0.138. The Balaban J connectivity index is 2.44. The molecular weight excluding hydrogens is 227 g/mol. The predicted molar refractivity (Wildman–Crippen MR) is 60.8 cm³/mol. The van der Waals surface area contributed by atoms with Crippen molar-refractivity contribution in [1.29, 1.82) is 0 Å². The van der Waals surface area contributed by atoms with Crippen LogP contribution in [-0.4, -0.2) is 6.54 Å². The normalized spacial score (nSPS) is 18.9. The molecule has 0 aliphatic heterocycles. The van der Waals surface area contributed by atoms with Gasteiger partial charge in [0.1, 0.15) is 0 Å². The Kier molecular flexibility index (Phi) is 2.94. The van der Waals surface area contributed by atoms with Crippen molar-refractivity contribution in [1.82, 2.24) is 0 Å². The highest BCUT2D eigenvalue weighted by Gasteiger charge is 2.39. The van der Waals surface area contributed by atoms with Crippen LogP contribution in [0.5, 0.6) is 0 Å². The van der Waals surface area contributed by atoms with E-state index >= 15 is 0 Å². The van der Waals surface area contributed by atoms with Crippen LogP contribution in [-0.2, 0) is 11.6 Å². The van der Waals surface area contributed by atoms with E-state index in [2.05, 4.69) is 0 Å². The first-order valence-electron chi connectivity index (χ1n) is 5.77. The molecule has 0 aromatic heterocycles. The van der Waals surface area contributed by atoms with Gasteiger partial charge in [0, 0.05) is 12.0 Å². The highest BCUT2D eigenvalue weighted by atomic mass is 19.4. The molecule has 0 heterocycles. The molecule has 0 saturated heterocycles. The second-order valence-corrected chi connectivity index (χ2v) is 4.87. The molecule has 0 spiro atoms. The van der Waals surface area contributed by atoms with Crippen molar-refractivity contribution in [2.75, 3.05) is 6.54 Å². The molecule has 1 aromatic rings. The molecule has 0 bridgehead atoms. The Morgan fingerprint density at radius 2 is 1.94 bits per heavy atom. The minimum Gasteiger partial charge on any atom is -0.330 e. The Hall–Kier alpha value is -1.03. The average molecular weight is 243 g/mol. The molecule has 0 amide bonds. The van der Waals surface area contributed by atoms with Crippen LogP contribution >= 0.6 is 0 Å². The number of hydrogen-bond donors (Lipinski definition) is 1. The number of alkyl halides is 3. The lowest BCUT2D eigenvalue weighted by Crippen LogP contribution is -2.41. The summed E-state index contributed by atoms with van der Waals surface area (Å²) in [5.41, 5.74) is 5.98. The van der Waals surface area contributed by atoms with Gasteiger partial charge in [-0.2, -0.15) is 13.2 Å². The minimum atomic E-state index is -4.28. The van der Waals surface area contributed by atoms with E-state index in [4.69, 9.17) is 5.73 Å². The maximum absolute atomic E-state index is 12.8. The van der Waals surface area contributed by atoms with Gasteiger partial charge in [0.15, 0.2) is 0 Å². The molecule has 1 aliphatic carbocycles. The van der Waals surface area contributed by atoms with Gasteiger partial charge in [0.2, 0.25) is 0 Å². The molecule has 2 N–H and O–H groups in total. The van der Waals surface area contributed by atoms with E-state index in [1.54, 1.807) is 12.1 Å². The second-order valence-electron chi connectivity index (χ2n) is 4.87. The highest BCUT2D eigenvalue weighted by Crippen LogP contribution is 2.44. The van der Waals surface area contributed by atoms with Gasteiger partial charge in [-0.3, -0.25) is 0 Å². The van der Waals surface area contributed by atoms with Gasteiger partial charge >= 0.3 is 6.18 Å². The Labute approximate surface area is 98.8 Å². The van der Waals surface area contributed by atoms with Crippen molar-refractivity contribution in [2.24, 2.45) is 5.73 Å². The summed E-state index contributed by atoms with van der Waals surface area (Å²) < 4.78 is 38.4. The molecule has 1 aliphatic rings. The first-order valence-corrected chi connectivity index (χ1v) is 5.77. The van der Waals surface area contributed by atoms with E-state index in [-0.39, 0.29) is 11.0 Å². The third kappa shape index (κ3) is 2.06. The molecule has 0 radical (unpaired) electrons. The minimum absolute atomic E-state index is 0.215. The zero-order chi connectivity index (χ0) is 12.7. The zero-order valence-electron chi connectivity index (χ0n) is 9.77. The monoisotopic (exact) mass is 243 g/mol. The van der Waals surface area contributed by atoms with Crippen LogP contribution in [0.3, 0.4) is 0 Å². The Bertz CT molecular complexity index is 414. The number of aryl methyl sites for hydroxylation is 1. The molecule has 94 valence electrons. The smallest absolute Gasteiger partial charge is 0.330 e. The van der Waals surface area contributed by atoms with Crippen LogP contribution in [0.15, 0.2) is 18.2 Å². The maximum Gasteiger partial charge on any atom is 0.416 e. The molecule has 17 heavy (non-hydrogen) atoms. The van der Waals surface area contributed by atoms with Gasteiger partial charge in [-0.05, 0) is 37.0 Å². The molecule has 1 saturated carbocycles. The van der Waals surface area contributed by atoms with E-state index in [9.17, 15) is 13.2 Å². The van der Waals surface area contributed by atoms with Gasteiger partial charge in [-0.25, -0.2) is 0 Å². The van der Waals surface area contributed by atoms with Crippen molar-refractivity contribution in [3.05, 3.63) is 34.9 Å². The standard InChI is InChI=1S/C13H16F3N/c1-9-3-4-10(7-11(9)13(14,15)16)12(8-17)5-2-6-12/h3-4,7H,2,5-6,8,17H2,1H3. The number of halogens is 3. The van der Waals surface area contributed by atoms with Crippen LogP contribution in [0.4, 0.5) is 13.2 Å². The van der Waals surface area contributed by atoms with Crippen LogP contribution in [0.1, 0.15) is 36.0 Å². The lowest BCUT2D eigenvalue weighted by Gasteiger charge is -2.42. The van der Waals surface area contributed by atoms with Crippen molar-refractivity contribution >= 4 is 0 Å². The second kappa shape index (κ2) is 4.02. The number of rotatable bonds is 2. The predicted octanol–water partition coefficient (Wildman–Crippen LogP) is 3.39. The molecule has 2 rings (SSSR count). The van der Waals surface area contributed by atoms with Crippen molar-refractivity contribution < 1.29 is 13.2 Å². The third-order valence-electron chi connectivity index (χ3n) is 3.86. The molecule has 1 nitrogen and oxygen atoms in total. The lowest BCUT2D eigenvalue weighted by atomic mass is 9.64. The summed E-state index contributed by atoms with van der Waals surface area (Å²) in [5.74, 6) is 0. The highest BCUT2D eigenvalue weighted by molar-refractivity contribution is 5.38. The largest absolute Gasteiger partial charge is 0.416 e. The summed E-state index contributed by atoms with van der Waals surface area (Å²) in [7, 11) is 0. The maximum atomic E-state index is 12.8. The van der Waals surface area contributed by atoms with Gasteiger partial charge < -0.3 is 5.73 Å². The molecule has 0 atom stereocenters. The summed E-state index contributed by atoms with van der Waals surface area (Å²) in [4.78, 5) is 0. The van der Waals surface area contributed by atoms with Gasteiger partial charge in [-0.1, -0.05) is 18.6 Å². The van der Waals surface area contributed by atoms with Crippen LogP contribution in [0, 0.1) is 6.92 Å². The zero-order valence-corrected chi connectivity index (χ0v) is 9.77. The Morgan fingerprint density at radius 3 is 2.35 bits per heavy atom. The SMILES string of the molecule is Cc1ccc(C2(CN)CCC2)cc1C(F)(F)F. The number of hydrogen-bond acceptors (Lipinski definition) is 1. The van der Waals surface area contributed by atoms with Gasteiger partial charge in [0.25, 0.3) is 0 Å². The fraction of sp³-hybridized carbons (Fsp3) is 0.538. The molecule has 1 aromatic carbocycles. The van der Waals surface area contributed by atoms with E-state index in [1.807, 2.05) is 0 Å². The summed E-state index contributed by atoms with van der Waals surface area (Å²) in [6.07, 6.45) is -1.44. The summed E-state index contributed by atoms with van der Waals surface area (Å²) in [5, 5.41) is 0. The molecule has 1 fully saturated rings. The first kappa shape index (κ1) is 12.4. The molecule has 0 unspecified atom stereocenters. The van der Waals surface area contributed by atoms with E-state index < -0.39 is 11.7 Å². The summed E-state index contributed by atoms with van der Waals surface area (Å²) in [6.45, 7) is 1.91. The topological polar surface area (TPSA) is 26.0 Å². The Morgan fingerprint density at radius 1 is 1.29 bits per heavy atom. The van der Waals surface area contributed by atoms with E-state index in [0.29, 0.717) is 6.54 Å². The molecule has 4 heteroatoms. The fourth-order valence-corrected chi connectivity index (χ4v) is 2.47. The average Bonchev–Trinajstić information content (AvgIpc) is 2.17. The summed E-state index contributed by atoms with van der Waals surface area (Å²) in [6, 6.07) is 4.62. The number of nitrogens with two attached hydrogens (primary N) is 1. The van der Waals surface area contributed by atoms with Crippen molar-refractivity contribution in [3.63, 3.8) is 0 Å². The van der Waals surface area contributed by atoms with E-state index in [0.717, 1.165) is 24.8 Å². The van der Waals surface area contributed by atoms with Crippen molar-refractivity contribution in [3.8, 4) is 0 Å². The van der Waals surface area contributed by atoms with Crippen LogP contribution < -0.4 is 5.73 Å². The van der Waals surface area contributed by atoms with Crippen LogP contribution in [0.25, 0.3) is 0 Å². The summed E-state index contributed by atoms with van der Waals surface area (Å²) >= 11 is 0. The molecular formula is C13H16F3N. The van der Waals surface area contributed by atoms with Gasteiger partial charge in [0.05, 0.1) is 5.56 Å². The fourth-order valence-electron chi connectivity index (χ4n) is 2.47. The quantitative estimate of drug-likeness (QED) is 0.846. The van der Waals surface area contributed by atoms with Gasteiger partial charge in [-0.15, -0.1) is 0 Å². The number of benzene rings is 1. The van der Waals surface area contributed by atoms with E-state index in [1.165, 1.54) is 13.0 Å². The van der Waals surface area contributed by atoms with Crippen molar-refractivity contribution in [2.45, 2.75) is 37.8 Å². The van der Waals surface area contributed by atoms with Crippen LogP contribution in [0.2, 0.25) is 0 Å².